The van der Waals surface area contributed by atoms with Gasteiger partial charge in [0.15, 0.2) is 0 Å². The highest BCUT2D eigenvalue weighted by molar-refractivity contribution is 7.09. The van der Waals surface area contributed by atoms with Crippen molar-refractivity contribution in [1.82, 2.24) is 5.32 Å². The van der Waals surface area contributed by atoms with E-state index in [1.807, 2.05) is 17.5 Å². The number of rotatable bonds is 8. The van der Waals surface area contributed by atoms with Crippen LogP contribution in [0.1, 0.15) is 24.6 Å². The van der Waals surface area contributed by atoms with Gasteiger partial charge in [0.25, 0.3) is 0 Å². The third-order valence-corrected chi connectivity index (χ3v) is 4.62. The molecule has 0 bridgehead atoms. The normalized spacial score (nSPS) is 19.9. The second-order valence-electron chi connectivity index (χ2n) is 5.80. The van der Waals surface area contributed by atoms with Gasteiger partial charge in [-0.15, -0.1) is 11.3 Å². The zero-order valence-electron chi connectivity index (χ0n) is 12.1. The van der Waals surface area contributed by atoms with Crippen LogP contribution in [0, 0.1) is 5.41 Å². The van der Waals surface area contributed by atoms with Gasteiger partial charge < -0.3 is 19.9 Å². The van der Waals surface area contributed by atoms with Crippen molar-refractivity contribution in [3.8, 4) is 0 Å². The van der Waals surface area contributed by atoms with Crippen molar-refractivity contribution in [3.63, 3.8) is 0 Å². The monoisotopic (exact) mass is 299 g/mol. The highest BCUT2D eigenvalue weighted by Crippen LogP contribution is 2.28. The number of ether oxygens (including phenoxy) is 2. The summed E-state index contributed by atoms with van der Waals surface area (Å²) in [5.74, 6) is 0. The lowest BCUT2D eigenvalue weighted by Gasteiger charge is -2.34. The lowest BCUT2D eigenvalue weighted by Crippen LogP contribution is -2.40. The minimum atomic E-state index is -0.446. The van der Waals surface area contributed by atoms with Crippen LogP contribution in [0.15, 0.2) is 17.5 Å². The predicted octanol–water partition coefficient (Wildman–Crippen LogP) is 2.03. The molecule has 1 atom stereocenters. The summed E-state index contributed by atoms with van der Waals surface area (Å²) in [5.41, 5.74) is 0.301. The first-order valence-electron chi connectivity index (χ1n) is 7.25. The quantitative estimate of drug-likeness (QED) is 0.771. The van der Waals surface area contributed by atoms with Gasteiger partial charge in [-0.2, -0.15) is 0 Å². The van der Waals surface area contributed by atoms with Crippen LogP contribution in [-0.2, 0) is 16.1 Å². The van der Waals surface area contributed by atoms with Crippen LogP contribution in [0.5, 0.6) is 0 Å². The molecular weight excluding hydrogens is 274 g/mol. The Bertz CT molecular complexity index is 363. The first kappa shape index (κ1) is 15.9. The zero-order chi connectivity index (χ0) is 14.3. The SMILES string of the molecule is CC1(CNCC(O)COCc2cccs2)CCOCC1. The molecule has 2 N–H and O–H groups in total. The van der Waals surface area contributed by atoms with Crippen LogP contribution in [0.4, 0.5) is 0 Å². The molecule has 1 saturated heterocycles. The lowest BCUT2D eigenvalue weighted by molar-refractivity contribution is 0.0141. The van der Waals surface area contributed by atoms with E-state index in [2.05, 4.69) is 12.2 Å². The molecule has 0 aliphatic carbocycles. The second-order valence-corrected chi connectivity index (χ2v) is 6.83. The number of hydrogen-bond donors (Lipinski definition) is 2. The number of aliphatic hydroxyl groups is 1. The molecule has 4 nitrogen and oxygen atoms in total. The van der Waals surface area contributed by atoms with Gasteiger partial charge in [0.05, 0.1) is 19.3 Å². The fourth-order valence-electron chi connectivity index (χ4n) is 2.33. The molecule has 2 rings (SSSR count). The van der Waals surface area contributed by atoms with E-state index < -0.39 is 6.10 Å². The zero-order valence-corrected chi connectivity index (χ0v) is 13.0. The molecule has 1 unspecified atom stereocenters. The Kier molecular flexibility index (Phi) is 6.45. The molecular formula is C15H25NO3S. The van der Waals surface area contributed by atoms with E-state index in [1.54, 1.807) is 11.3 Å². The lowest BCUT2D eigenvalue weighted by atomic mass is 9.82. The largest absolute Gasteiger partial charge is 0.389 e. The smallest absolute Gasteiger partial charge is 0.0897 e. The van der Waals surface area contributed by atoms with E-state index in [0.29, 0.717) is 25.2 Å². The molecule has 0 saturated carbocycles. The van der Waals surface area contributed by atoms with Gasteiger partial charge in [0.1, 0.15) is 0 Å². The molecule has 0 amide bonds. The molecule has 5 heteroatoms. The highest BCUT2D eigenvalue weighted by Gasteiger charge is 2.26. The molecule has 0 aromatic carbocycles. The Morgan fingerprint density at radius 2 is 2.30 bits per heavy atom. The molecule has 0 radical (unpaired) electrons. The number of aliphatic hydroxyl groups excluding tert-OH is 1. The van der Waals surface area contributed by atoms with E-state index >= 15 is 0 Å². The van der Waals surface area contributed by atoms with Gasteiger partial charge in [-0.05, 0) is 29.7 Å². The van der Waals surface area contributed by atoms with Gasteiger partial charge in [0.2, 0.25) is 0 Å². The van der Waals surface area contributed by atoms with Crippen molar-refractivity contribution in [2.75, 3.05) is 32.9 Å². The Hall–Kier alpha value is -0.460. The summed E-state index contributed by atoms with van der Waals surface area (Å²) in [6.07, 6.45) is 1.73. The molecule has 1 aromatic heterocycles. The topological polar surface area (TPSA) is 50.7 Å². The molecule has 2 heterocycles. The average Bonchev–Trinajstić information content (AvgIpc) is 2.92. The predicted molar refractivity (Wildman–Crippen MR) is 81.0 cm³/mol. The maximum Gasteiger partial charge on any atom is 0.0897 e. The first-order valence-corrected chi connectivity index (χ1v) is 8.13. The summed E-state index contributed by atoms with van der Waals surface area (Å²) in [4.78, 5) is 1.19. The molecule has 20 heavy (non-hydrogen) atoms. The van der Waals surface area contributed by atoms with Crippen LogP contribution >= 0.6 is 11.3 Å². The van der Waals surface area contributed by atoms with Gasteiger partial charge in [-0.25, -0.2) is 0 Å². The third-order valence-electron chi connectivity index (χ3n) is 3.77. The molecule has 114 valence electrons. The average molecular weight is 299 g/mol. The van der Waals surface area contributed by atoms with Crippen molar-refractivity contribution in [3.05, 3.63) is 22.4 Å². The van der Waals surface area contributed by atoms with Crippen molar-refractivity contribution >= 4 is 11.3 Å². The van der Waals surface area contributed by atoms with E-state index in [9.17, 15) is 5.11 Å². The minimum Gasteiger partial charge on any atom is -0.389 e. The minimum absolute atomic E-state index is 0.301. The summed E-state index contributed by atoms with van der Waals surface area (Å²) in [5, 5.41) is 15.3. The summed E-state index contributed by atoms with van der Waals surface area (Å²) < 4.78 is 10.9. The maximum absolute atomic E-state index is 9.88. The fraction of sp³-hybridized carbons (Fsp3) is 0.733. The van der Waals surface area contributed by atoms with Gasteiger partial charge in [0, 0.05) is 31.2 Å². The van der Waals surface area contributed by atoms with Crippen LogP contribution < -0.4 is 5.32 Å². The van der Waals surface area contributed by atoms with Crippen LogP contribution in [0.3, 0.4) is 0 Å². The maximum atomic E-state index is 9.88. The Morgan fingerprint density at radius 3 is 3.00 bits per heavy atom. The Labute approximate surface area is 125 Å². The summed E-state index contributed by atoms with van der Waals surface area (Å²) >= 11 is 1.68. The van der Waals surface area contributed by atoms with Crippen LogP contribution in [-0.4, -0.2) is 44.1 Å². The summed E-state index contributed by atoms with van der Waals surface area (Å²) in [7, 11) is 0. The highest BCUT2D eigenvalue weighted by atomic mass is 32.1. The molecule has 0 spiro atoms. The van der Waals surface area contributed by atoms with Gasteiger partial charge >= 0.3 is 0 Å². The number of nitrogens with one attached hydrogen (secondary N) is 1. The van der Waals surface area contributed by atoms with Crippen molar-refractivity contribution in [2.24, 2.45) is 5.41 Å². The molecule has 1 fully saturated rings. The van der Waals surface area contributed by atoms with Crippen molar-refractivity contribution in [1.29, 1.82) is 0 Å². The van der Waals surface area contributed by atoms with Gasteiger partial charge in [-0.1, -0.05) is 13.0 Å². The van der Waals surface area contributed by atoms with E-state index in [0.717, 1.165) is 32.6 Å². The van der Waals surface area contributed by atoms with Crippen LogP contribution in [0.2, 0.25) is 0 Å². The Morgan fingerprint density at radius 1 is 1.50 bits per heavy atom. The first-order chi connectivity index (χ1) is 9.68. The third kappa shape index (κ3) is 5.50. The molecule has 1 aliphatic heterocycles. The van der Waals surface area contributed by atoms with E-state index in [4.69, 9.17) is 9.47 Å². The standard InChI is InChI=1S/C15H25NO3S/c1-15(4-6-18-7-5-15)12-16-9-13(17)10-19-11-14-3-2-8-20-14/h2-3,8,13,16-17H,4-7,9-12H2,1H3. The van der Waals surface area contributed by atoms with E-state index in [1.165, 1.54) is 4.88 Å². The molecule has 1 aliphatic rings. The van der Waals surface area contributed by atoms with Crippen LogP contribution in [0.25, 0.3) is 0 Å². The summed E-state index contributed by atoms with van der Waals surface area (Å²) in [6, 6.07) is 4.05. The molecule has 1 aromatic rings. The van der Waals surface area contributed by atoms with Crippen molar-refractivity contribution in [2.45, 2.75) is 32.5 Å². The summed E-state index contributed by atoms with van der Waals surface area (Å²) in [6.45, 7) is 6.46. The second kappa shape index (κ2) is 8.10. The van der Waals surface area contributed by atoms with Crippen molar-refractivity contribution < 1.29 is 14.6 Å². The Balaban J connectivity index is 1.54. The number of thiophene rings is 1. The number of hydrogen-bond acceptors (Lipinski definition) is 5. The fourth-order valence-corrected chi connectivity index (χ4v) is 2.97. The van der Waals surface area contributed by atoms with Gasteiger partial charge in [-0.3, -0.25) is 0 Å². The van der Waals surface area contributed by atoms with E-state index in [-0.39, 0.29) is 0 Å².